The predicted octanol–water partition coefficient (Wildman–Crippen LogP) is 1.38. The molecular weight excluding hydrogens is 242 g/mol. The number of likely N-dealkylation sites (tertiary alicyclic amines) is 1. The van der Waals surface area contributed by atoms with Crippen molar-refractivity contribution < 1.29 is 0 Å². The molecular formula is C14H27N3S. The molecule has 0 spiro atoms. The van der Waals surface area contributed by atoms with E-state index in [0.29, 0.717) is 5.54 Å². The quantitative estimate of drug-likeness (QED) is 0.821. The zero-order chi connectivity index (χ0) is 12.8. The van der Waals surface area contributed by atoms with Gasteiger partial charge in [0.2, 0.25) is 0 Å². The van der Waals surface area contributed by atoms with Gasteiger partial charge in [-0.1, -0.05) is 6.92 Å². The number of rotatable bonds is 2. The first kappa shape index (κ1) is 13.2. The van der Waals surface area contributed by atoms with Crippen molar-refractivity contribution >= 4 is 11.8 Å². The summed E-state index contributed by atoms with van der Waals surface area (Å²) in [5.41, 5.74) is 6.48. The SMILES string of the molecule is CC1CC(CN)(N2CCC3CCC(C2)N3C)CS1. The third-order valence-corrected chi connectivity index (χ3v) is 6.94. The van der Waals surface area contributed by atoms with Crippen LogP contribution in [0.25, 0.3) is 0 Å². The van der Waals surface area contributed by atoms with Gasteiger partial charge in [-0.15, -0.1) is 0 Å². The summed E-state index contributed by atoms with van der Waals surface area (Å²) in [6, 6.07) is 1.61. The molecule has 3 nitrogen and oxygen atoms in total. The van der Waals surface area contributed by atoms with Gasteiger partial charge in [-0.25, -0.2) is 0 Å². The zero-order valence-electron chi connectivity index (χ0n) is 11.8. The van der Waals surface area contributed by atoms with E-state index in [2.05, 4.69) is 35.5 Å². The van der Waals surface area contributed by atoms with Gasteiger partial charge in [0.05, 0.1) is 0 Å². The Kier molecular flexibility index (Phi) is 3.65. The van der Waals surface area contributed by atoms with Crippen LogP contribution in [-0.4, -0.2) is 65.1 Å². The van der Waals surface area contributed by atoms with Gasteiger partial charge in [-0.3, -0.25) is 9.80 Å². The van der Waals surface area contributed by atoms with Crippen LogP contribution < -0.4 is 5.73 Å². The molecule has 4 heteroatoms. The van der Waals surface area contributed by atoms with Crippen LogP contribution in [0.2, 0.25) is 0 Å². The van der Waals surface area contributed by atoms with Crippen molar-refractivity contribution in [1.82, 2.24) is 9.80 Å². The second-order valence-electron chi connectivity index (χ2n) is 6.54. The molecule has 3 fully saturated rings. The Morgan fingerprint density at radius 1 is 1.28 bits per heavy atom. The molecule has 3 heterocycles. The first-order valence-electron chi connectivity index (χ1n) is 7.43. The molecule has 0 amide bonds. The van der Waals surface area contributed by atoms with Gasteiger partial charge in [-0.2, -0.15) is 11.8 Å². The summed E-state index contributed by atoms with van der Waals surface area (Å²) in [6.07, 6.45) is 5.43. The number of fused-ring (bicyclic) bond motifs is 2. The summed E-state index contributed by atoms with van der Waals surface area (Å²) in [5, 5.41) is 0.784. The van der Waals surface area contributed by atoms with E-state index in [1.807, 2.05) is 0 Å². The van der Waals surface area contributed by atoms with Gasteiger partial charge in [0.1, 0.15) is 0 Å². The summed E-state index contributed by atoms with van der Waals surface area (Å²) >= 11 is 2.11. The fourth-order valence-electron chi connectivity index (χ4n) is 4.18. The maximum atomic E-state index is 6.18. The molecule has 4 unspecified atom stereocenters. The summed E-state index contributed by atoms with van der Waals surface area (Å²) < 4.78 is 0. The van der Waals surface area contributed by atoms with E-state index >= 15 is 0 Å². The lowest BCUT2D eigenvalue weighted by molar-refractivity contribution is 0.0995. The molecule has 0 aromatic rings. The summed E-state index contributed by atoms with van der Waals surface area (Å²) in [4.78, 5) is 5.39. The molecule has 3 aliphatic heterocycles. The number of likely N-dealkylation sites (N-methyl/N-ethyl adjacent to an activating group) is 1. The van der Waals surface area contributed by atoms with Crippen molar-refractivity contribution in [3.63, 3.8) is 0 Å². The van der Waals surface area contributed by atoms with E-state index in [1.54, 1.807) is 0 Å². The van der Waals surface area contributed by atoms with Crippen LogP contribution in [0.1, 0.15) is 32.6 Å². The minimum atomic E-state index is 0.301. The minimum Gasteiger partial charge on any atom is -0.329 e. The Balaban J connectivity index is 1.76. The maximum absolute atomic E-state index is 6.18. The molecule has 4 atom stereocenters. The first-order valence-corrected chi connectivity index (χ1v) is 8.48. The largest absolute Gasteiger partial charge is 0.329 e. The highest BCUT2D eigenvalue weighted by atomic mass is 32.2. The molecule has 0 aromatic carbocycles. The van der Waals surface area contributed by atoms with Crippen LogP contribution in [0, 0.1) is 0 Å². The van der Waals surface area contributed by atoms with Gasteiger partial charge >= 0.3 is 0 Å². The molecule has 18 heavy (non-hydrogen) atoms. The highest BCUT2D eigenvalue weighted by molar-refractivity contribution is 8.00. The van der Waals surface area contributed by atoms with Crippen molar-refractivity contribution in [2.75, 3.05) is 32.4 Å². The van der Waals surface area contributed by atoms with Gasteiger partial charge in [-0.05, 0) is 32.7 Å². The average Bonchev–Trinajstić information content (AvgIpc) is 2.82. The lowest BCUT2D eigenvalue weighted by Gasteiger charge is -2.41. The molecule has 2 bridgehead atoms. The Morgan fingerprint density at radius 2 is 2.06 bits per heavy atom. The highest BCUT2D eigenvalue weighted by Gasteiger charge is 2.45. The van der Waals surface area contributed by atoms with E-state index in [0.717, 1.165) is 23.9 Å². The van der Waals surface area contributed by atoms with Crippen molar-refractivity contribution in [3.05, 3.63) is 0 Å². The van der Waals surface area contributed by atoms with Crippen LogP contribution in [0.4, 0.5) is 0 Å². The van der Waals surface area contributed by atoms with E-state index in [1.165, 1.54) is 44.5 Å². The molecule has 2 N–H and O–H groups in total. The van der Waals surface area contributed by atoms with Crippen molar-refractivity contribution in [2.24, 2.45) is 5.73 Å². The van der Waals surface area contributed by atoms with Gasteiger partial charge in [0.15, 0.2) is 0 Å². The number of hydrogen-bond donors (Lipinski definition) is 1. The highest BCUT2D eigenvalue weighted by Crippen LogP contribution is 2.40. The predicted molar refractivity (Wildman–Crippen MR) is 79.1 cm³/mol. The topological polar surface area (TPSA) is 32.5 Å². The van der Waals surface area contributed by atoms with Crippen LogP contribution in [-0.2, 0) is 0 Å². The lowest BCUT2D eigenvalue weighted by atomic mass is 9.92. The molecule has 0 aromatic heterocycles. The fourth-order valence-corrected chi connectivity index (χ4v) is 5.62. The van der Waals surface area contributed by atoms with Crippen LogP contribution in [0.3, 0.4) is 0 Å². The normalized spacial score (nSPS) is 46.5. The smallest absolute Gasteiger partial charge is 0.0433 e. The maximum Gasteiger partial charge on any atom is 0.0433 e. The van der Waals surface area contributed by atoms with Crippen LogP contribution in [0.15, 0.2) is 0 Å². The van der Waals surface area contributed by atoms with E-state index < -0.39 is 0 Å². The molecule has 0 radical (unpaired) electrons. The average molecular weight is 269 g/mol. The first-order chi connectivity index (χ1) is 8.64. The molecule has 0 aliphatic carbocycles. The van der Waals surface area contributed by atoms with Gasteiger partial charge in [0.25, 0.3) is 0 Å². The lowest BCUT2D eigenvalue weighted by Crippen LogP contribution is -2.56. The Hall–Kier alpha value is 0.230. The second kappa shape index (κ2) is 4.97. The molecule has 3 aliphatic rings. The second-order valence-corrected chi connectivity index (χ2v) is 7.97. The van der Waals surface area contributed by atoms with E-state index in [4.69, 9.17) is 5.73 Å². The Bertz CT molecular complexity index is 311. The van der Waals surface area contributed by atoms with Gasteiger partial charge < -0.3 is 5.73 Å². The van der Waals surface area contributed by atoms with Crippen molar-refractivity contribution in [3.8, 4) is 0 Å². The zero-order valence-corrected chi connectivity index (χ0v) is 12.6. The Labute approximate surface area is 115 Å². The Morgan fingerprint density at radius 3 is 2.72 bits per heavy atom. The van der Waals surface area contributed by atoms with E-state index in [9.17, 15) is 0 Å². The molecule has 3 rings (SSSR count). The monoisotopic (exact) mass is 269 g/mol. The van der Waals surface area contributed by atoms with Crippen LogP contribution >= 0.6 is 11.8 Å². The number of nitrogens with zero attached hydrogens (tertiary/aromatic N) is 2. The molecule has 3 saturated heterocycles. The van der Waals surface area contributed by atoms with E-state index in [-0.39, 0.29) is 0 Å². The number of thioether (sulfide) groups is 1. The van der Waals surface area contributed by atoms with Crippen molar-refractivity contribution in [2.45, 2.75) is 55.5 Å². The van der Waals surface area contributed by atoms with Crippen LogP contribution in [0.5, 0.6) is 0 Å². The fraction of sp³-hybridized carbons (Fsp3) is 1.00. The molecule has 0 saturated carbocycles. The summed E-state index contributed by atoms with van der Waals surface area (Å²) in [7, 11) is 2.33. The third kappa shape index (κ3) is 2.11. The minimum absolute atomic E-state index is 0.301. The number of nitrogens with two attached hydrogens (primary N) is 1. The molecule has 104 valence electrons. The number of hydrogen-bond acceptors (Lipinski definition) is 4. The third-order valence-electron chi connectivity index (χ3n) is 5.50. The summed E-state index contributed by atoms with van der Waals surface area (Å²) in [6.45, 7) is 5.71. The van der Waals surface area contributed by atoms with Gasteiger partial charge in [0, 0.05) is 48.3 Å². The standard InChI is InChI=1S/C14H27N3S/c1-11-7-14(9-15,10-18-11)17-6-5-12-3-4-13(8-17)16(12)2/h11-13H,3-10,15H2,1-2H3. The van der Waals surface area contributed by atoms with Crippen molar-refractivity contribution in [1.29, 1.82) is 0 Å². The summed E-state index contributed by atoms with van der Waals surface area (Å²) in [5.74, 6) is 1.24.